The van der Waals surface area contributed by atoms with Crippen molar-refractivity contribution in [1.29, 1.82) is 0 Å². The van der Waals surface area contributed by atoms with E-state index in [-0.39, 0.29) is 17.6 Å². The first-order valence-electron chi connectivity index (χ1n) is 6.68. The topological polar surface area (TPSA) is 63.7 Å². The number of rotatable bonds is 8. The van der Waals surface area contributed by atoms with Crippen LogP contribution < -0.4 is 5.32 Å². The molecular formula is C14H22ClN3O3. The lowest BCUT2D eigenvalue weighted by atomic mass is 10.2. The molecule has 1 aromatic rings. The number of carbonyl (C=O) groups is 1. The summed E-state index contributed by atoms with van der Waals surface area (Å²) in [6.45, 7) is 3.22. The highest BCUT2D eigenvalue weighted by Crippen LogP contribution is 2.19. The first-order valence-corrected chi connectivity index (χ1v) is 7.06. The van der Waals surface area contributed by atoms with Gasteiger partial charge >= 0.3 is 0 Å². The Labute approximate surface area is 130 Å². The van der Waals surface area contributed by atoms with Crippen molar-refractivity contribution in [2.24, 2.45) is 0 Å². The summed E-state index contributed by atoms with van der Waals surface area (Å²) < 4.78 is 10.2. The molecular weight excluding hydrogens is 294 g/mol. The highest BCUT2D eigenvalue weighted by atomic mass is 35.5. The van der Waals surface area contributed by atoms with E-state index in [0.29, 0.717) is 30.6 Å². The van der Waals surface area contributed by atoms with Gasteiger partial charge < -0.3 is 19.7 Å². The van der Waals surface area contributed by atoms with Gasteiger partial charge in [-0.25, -0.2) is 4.98 Å². The third-order valence-electron chi connectivity index (χ3n) is 3.04. The average molecular weight is 316 g/mol. The van der Waals surface area contributed by atoms with Crippen LogP contribution in [0, 0.1) is 0 Å². The molecule has 7 heteroatoms. The predicted molar refractivity (Wildman–Crippen MR) is 83.0 cm³/mol. The van der Waals surface area contributed by atoms with Crippen molar-refractivity contribution in [1.82, 2.24) is 9.88 Å². The monoisotopic (exact) mass is 315 g/mol. The zero-order valence-corrected chi connectivity index (χ0v) is 13.6. The predicted octanol–water partition coefficient (Wildman–Crippen LogP) is 1.90. The summed E-state index contributed by atoms with van der Waals surface area (Å²) in [5.74, 6) is 0.354. The van der Waals surface area contributed by atoms with Gasteiger partial charge in [0.1, 0.15) is 11.5 Å². The van der Waals surface area contributed by atoms with Gasteiger partial charge in [-0.2, -0.15) is 0 Å². The summed E-state index contributed by atoms with van der Waals surface area (Å²) in [5, 5.41) is 3.22. The van der Waals surface area contributed by atoms with E-state index < -0.39 is 0 Å². The molecule has 118 valence electrons. The van der Waals surface area contributed by atoms with Crippen LogP contribution in [0.4, 0.5) is 5.82 Å². The zero-order valence-electron chi connectivity index (χ0n) is 12.9. The average Bonchev–Trinajstić information content (AvgIpc) is 2.48. The summed E-state index contributed by atoms with van der Waals surface area (Å²) in [6.07, 6.45) is 0. The van der Waals surface area contributed by atoms with Gasteiger partial charge in [0, 0.05) is 27.8 Å². The Bertz CT molecular complexity index is 471. The second kappa shape index (κ2) is 8.81. The minimum absolute atomic E-state index is 0.103. The number of nitrogens with zero attached hydrogens (tertiary/aromatic N) is 2. The molecule has 1 atom stereocenters. The van der Waals surface area contributed by atoms with E-state index in [4.69, 9.17) is 21.1 Å². The van der Waals surface area contributed by atoms with Crippen LogP contribution in [-0.4, -0.2) is 62.9 Å². The van der Waals surface area contributed by atoms with Crippen LogP contribution in [0.2, 0.25) is 5.02 Å². The van der Waals surface area contributed by atoms with Crippen LogP contribution in [0.15, 0.2) is 12.1 Å². The summed E-state index contributed by atoms with van der Waals surface area (Å²) in [4.78, 5) is 18.6. The van der Waals surface area contributed by atoms with Crippen molar-refractivity contribution in [3.63, 3.8) is 0 Å². The van der Waals surface area contributed by atoms with Crippen molar-refractivity contribution >= 4 is 23.3 Å². The van der Waals surface area contributed by atoms with E-state index in [1.807, 2.05) is 6.92 Å². The molecule has 0 aliphatic rings. The van der Waals surface area contributed by atoms with Crippen molar-refractivity contribution in [2.75, 3.05) is 46.3 Å². The Kier molecular flexibility index (Phi) is 7.42. The maximum absolute atomic E-state index is 12.7. The van der Waals surface area contributed by atoms with Gasteiger partial charge in [-0.1, -0.05) is 11.6 Å². The van der Waals surface area contributed by atoms with Gasteiger partial charge in [0.15, 0.2) is 0 Å². The van der Waals surface area contributed by atoms with Gasteiger partial charge in [-0.3, -0.25) is 4.79 Å². The van der Waals surface area contributed by atoms with Crippen molar-refractivity contribution in [3.05, 3.63) is 22.8 Å². The Morgan fingerprint density at radius 3 is 2.71 bits per heavy atom. The molecule has 1 aromatic heterocycles. The molecule has 0 saturated heterocycles. The van der Waals surface area contributed by atoms with Gasteiger partial charge in [0.25, 0.3) is 5.91 Å². The normalized spacial score (nSPS) is 12.0. The number of amides is 1. The molecule has 1 amide bonds. The second-order valence-corrected chi connectivity index (χ2v) is 4.98. The van der Waals surface area contributed by atoms with E-state index in [9.17, 15) is 4.79 Å². The summed E-state index contributed by atoms with van der Waals surface area (Å²) >= 11 is 6.11. The van der Waals surface area contributed by atoms with Crippen molar-refractivity contribution in [3.8, 4) is 0 Å². The van der Waals surface area contributed by atoms with E-state index in [1.54, 1.807) is 38.3 Å². The maximum Gasteiger partial charge on any atom is 0.274 e. The third-order valence-corrected chi connectivity index (χ3v) is 3.35. The highest BCUT2D eigenvalue weighted by molar-refractivity contribution is 6.33. The first-order chi connectivity index (χ1) is 10.0. The zero-order chi connectivity index (χ0) is 15.8. The van der Waals surface area contributed by atoms with Gasteiger partial charge in [0.2, 0.25) is 0 Å². The SMILES string of the molecule is CNc1ccc(Cl)c(C(=O)N(CCOC)C(C)COC)n1. The van der Waals surface area contributed by atoms with Crippen LogP contribution in [0.1, 0.15) is 17.4 Å². The highest BCUT2D eigenvalue weighted by Gasteiger charge is 2.24. The Balaban J connectivity index is 3.03. The molecule has 0 aliphatic carbocycles. The summed E-state index contributed by atoms with van der Waals surface area (Å²) in [6, 6.07) is 3.27. The maximum atomic E-state index is 12.7. The van der Waals surface area contributed by atoms with Crippen LogP contribution in [0.3, 0.4) is 0 Å². The molecule has 21 heavy (non-hydrogen) atoms. The molecule has 1 unspecified atom stereocenters. The molecule has 0 bridgehead atoms. The van der Waals surface area contributed by atoms with Crippen LogP contribution >= 0.6 is 11.6 Å². The molecule has 0 aromatic carbocycles. The molecule has 0 saturated carbocycles. The Hall–Kier alpha value is -1.37. The number of methoxy groups -OCH3 is 2. The number of halogens is 1. The molecule has 6 nitrogen and oxygen atoms in total. The number of ether oxygens (including phenoxy) is 2. The molecule has 1 heterocycles. The smallest absolute Gasteiger partial charge is 0.274 e. The van der Waals surface area contributed by atoms with Gasteiger partial charge in [0.05, 0.1) is 24.3 Å². The van der Waals surface area contributed by atoms with E-state index in [1.165, 1.54) is 0 Å². The second-order valence-electron chi connectivity index (χ2n) is 4.57. The molecule has 0 fully saturated rings. The standard InChI is InChI=1S/C14H22ClN3O3/c1-10(9-21-4)18(7-8-20-3)14(19)13-11(15)5-6-12(16-2)17-13/h5-6,10H,7-9H2,1-4H3,(H,16,17). The molecule has 1 N–H and O–H groups in total. The Morgan fingerprint density at radius 2 is 2.14 bits per heavy atom. The number of aromatic nitrogens is 1. The van der Waals surface area contributed by atoms with E-state index in [2.05, 4.69) is 10.3 Å². The fourth-order valence-electron chi connectivity index (χ4n) is 1.91. The molecule has 0 radical (unpaired) electrons. The number of hydrogen-bond donors (Lipinski definition) is 1. The quantitative estimate of drug-likeness (QED) is 0.794. The van der Waals surface area contributed by atoms with Crippen LogP contribution in [0.25, 0.3) is 0 Å². The molecule has 1 rings (SSSR count). The van der Waals surface area contributed by atoms with Crippen molar-refractivity contribution < 1.29 is 14.3 Å². The first kappa shape index (κ1) is 17.7. The number of hydrogen-bond acceptors (Lipinski definition) is 5. The summed E-state index contributed by atoms with van der Waals surface area (Å²) in [5.41, 5.74) is 0.225. The van der Waals surface area contributed by atoms with E-state index >= 15 is 0 Å². The van der Waals surface area contributed by atoms with Crippen molar-refractivity contribution in [2.45, 2.75) is 13.0 Å². The molecule has 0 spiro atoms. The number of nitrogens with one attached hydrogen (secondary N) is 1. The summed E-state index contributed by atoms with van der Waals surface area (Å²) in [7, 11) is 4.93. The Morgan fingerprint density at radius 1 is 1.43 bits per heavy atom. The lowest BCUT2D eigenvalue weighted by Gasteiger charge is -2.28. The largest absolute Gasteiger partial charge is 0.383 e. The van der Waals surface area contributed by atoms with Gasteiger partial charge in [-0.05, 0) is 19.1 Å². The lowest BCUT2D eigenvalue weighted by Crippen LogP contribution is -2.43. The minimum atomic E-state index is -0.237. The fourth-order valence-corrected chi connectivity index (χ4v) is 2.10. The fraction of sp³-hybridized carbons (Fsp3) is 0.571. The number of carbonyl (C=O) groups excluding carboxylic acids is 1. The minimum Gasteiger partial charge on any atom is -0.383 e. The number of pyridine rings is 1. The van der Waals surface area contributed by atoms with Crippen LogP contribution in [-0.2, 0) is 9.47 Å². The molecule has 0 aliphatic heterocycles. The van der Waals surface area contributed by atoms with Crippen LogP contribution in [0.5, 0.6) is 0 Å². The lowest BCUT2D eigenvalue weighted by molar-refractivity contribution is 0.0474. The third kappa shape index (κ3) is 4.84. The van der Waals surface area contributed by atoms with Gasteiger partial charge in [-0.15, -0.1) is 0 Å². The van der Waals surface area contributed by atoms with E-state index in [0.717, 1.165) is 0 Å². The number of anilines is 1.